The smallest absolute Gasteiger partial charge is 0.251 e. The zero-order valence-electron chi connectivity index (χ0n) is 17.5. The Balaban J connectivity index is 1.45. The summed E-state index contributed by atoms with van der Waals surface area (Å²) in [6.07, 6.45) is 1.23. The molecule has 5 nitrogen and oxygen atoms in total. The van der Waals surface area contributed by atoms with Crippen LogP contribution in [0.25, 0.3) is 0 Å². The van der Waals surface area contributed by atoms with Crippen molar-refractivity contribution in [3.8, 4) is 11.8 Å². The largest absolute Gasteiger partial charge is 0.489 e. The van der Waals surface area contributed by atoms with Crippen LogP contribution in [0.4, 0.5) is 4.39 Å². The van der Waals surface area contributed by atoms with Crippen LogP contribution in [-0.4, -0.2) is 19.1 Å². The van der Waals surface area contributed by atoms with Gasteiger partial charge in [0.1, 0.15) is 18.2 Å². The van der Waals surface area contributed by atoms with Crippen molar-refractivity contribution in [2.24, 2.45) is 0 Å². The minimum atomic E-state index is -0.598. The molecule has 4 rings (SSSR count). The van der Waals surface area contributed by atoms with Crippen LogP contribution >= 0.6 is 0 Å². The van der Waals surface area contributed by atoms with E-state index in [1.807, 2.05) is 18.2 Å². The third-order valence-electron chi connectivity index (χ3n) is 5.74. The van der Waals surface area contributed by atoms with E-state index in [1.54, 1.807) is 42.5 Å². The van der Waals surface area contributed by atoms with Crippen molar-refractivity contribution in [3.05, 3.63) is 101 Å². The van der Waals surface area contributed by atoms with Gasteiger partial charge in [0, 0.05) is 24.3 Å². The van der Waals surface area contributed by atoms with E-state index in [-0.39, 0.29) is 18.3 Å². The molecule has 0 spiro atoms. The van der Waals surface area contributed by atoms with Gasteiger partial charge in [-0.2, -0.15) is 5.26 Å². The van der Waals surface area contributed by atoms with Gasteiger partial charge >= 0.3 is 0 Å². The first-order chi connectivity index (χ1) is 15.6. The molecule has 1 heterocycles. The van der Waals surface area contributed by atoms with Gasteiger partial charge in [-0.15, -0.1) is 0 Å². The Morgan fingerprint density at radius 2 is 1.72 bits per heavy atom. The van der Waals surface area contributed by atoms with Gasteiger partial charge in [-0.25, -0.2) is 4.39 Å². The van der Waals surface area contributed by atoms with E-state index in [9.17, 15) is 14.4 Å². The quantitative estimate of drug-likeness (QED) is 0.615. The lowest BCUT2D eigenvalue weighted by Gasteiger charge is -2.38. The summed E-state index contributed by atoms with van der Waals surface area (Å²) in [5.74, 6) is 0.0847. The molecule has 6 heteroatoms. The van der Waals surface area contributed by atoms with E-state index in [2.05, 4.69) is 11.4 Å². The molecule has 1 N–H and O–H groups in total. The van der Waals surface area contributed by atoms with E-state index in [4.69, 9.17) is 9.47 Å². The van der Waals surface area contributed by atoms with Gasteiger partial charge in [-0.05, 0) is 60.9 Å². The number of nitrogens with zero attached hydrogens (tertiary/aromatic N) is 1. The molecule has 0 radical (unpaired) electrons. The number of carbonyl (C=O) groups excluding carboxylic acids is 1. The average Bonchev–Trinajstić information content (AvgIpc) is 2.84. The monoisotopic (exact) mass is 430 g/mol. The molecule has 1 aliphatic heterocycles. The number of halogens is 1. The Bertz CT molecular complexity index is 1120. The lowest BCUT2D eigenvalue weighted by Crippen LogP contribution is -2.49. The number of carbonyl (C=O) groups is 1. The Labute approximate surface area is 186 Å². The molecule has 1 saturated heterocycles. The van der Waals surface area contributed by atoms with Crippen molar-refractivity contribution in [2.75, 3.05) is 13.2 Å². The number of rotatable bonds is 6. The topological polar surface area (TPSA) is 71.3 Å². The first-order valence-corrected chi connectivity index (χ1v) is 10.5. The standard InChI is InChI=1S/C26H23FN2O3/c27-23-9-7-22(8-10-23)26(13-15-31-16-14-26)29-25(30)19-5-11-24(12-6-19)32-18-21-4-2-1-3-20(21)17-28/h1-12H,13-16,18H2,(H,29,30). The fraction of sp³-hybridized carbons (Fsp3) is 0.231. The Morgan fingerprint density at radius 1 is 1.03 bits per heavy atom. The lowest BCUT2D eigenvalue weighted by molar-refractivity contribution is 0.0345. The molecule has 162 valence electrons. The lowest BCUT2D eigenvalue weighted by atomic mass is 9.82. The molecule has 0 aromatic heterocycles. The zero-order valence-corrected chi connectivity index (χ0v) is 17.5. The maximum absolute atomic E-state index is 13.4. The highest BCUT2D eigenvalue weighted by Crippen LogP contribution is 2.33. The Hall–Kier alpha value is -3.69. The first kappa shape index (κ1) is 21.5. The highest BCUT2D eigenvalue weighted by Gasteiger charge is 2.36. The summed E-state index contributed by atoms with van der Waals surface area (Å²) >= 11 is 0. The summed E-state index contributed by atoms with van der Waals surface area (Å²) in [6.45, 7) is 1.31. The summed E-state index contributed by atoms with van der Waals surface area (Å²) in [5, 5.41) is 12.3. The second-order valence-electron chi connectivity index (χ2n) is 7.74. The molecular formula is C26H23FN2O3. The number of hydrogen-bond acceptors (Lipinski definition) is 4. The fourth-order valence-electron chi connectivity index (χ4n) is 3.88. The predicted molar refractivity (Wildman–Crippen MR) is 118 cm³/mol. The Kier molecular flexibility index (Phi) is 6.48. The maximum atomic E-state index is 13.4. The molecule has 0 unspecified atom stereocenters. The number of benzene rings is 3. The SMILES string of the molecule is N#Cc1ccccc1COc1ccc(C(=O)NC2(c3ccc(F)cc3)CCOCC2)cc1. The minimum absolute atomic E-state index is 0.211. The molecule has 32 heavy (non-hydrogen) atoms. The summed E-state index contributed by atoms with van der Waals surface area (Å²) in [6, 6.07) is 22.6. The van der Waals surface area contributed by atoms with Crippen LogP contribution in [0.15, 0.2) is 72.8 Å². The molecular weight excluding hydrogens is 407 g/mol. The molecule has 1 aliphatic rings. The maximum Gasteiger partial charge on any atom is 0.251 e. The summed E-state index contributed by atoms with van der Waals surface area (Å²) in [5.41, 5.74) is 2.15. The molecule has 1 fully saturated rings. The van der Waals surface area contributed by atoms with Gasteiger partial charge in [-0.3, -0.25) is 4.79 Å². The van der Waals surface area contributed by atoms with Crippen LogP contribution in [0.5, 0.6) is 5.75 Å². The zero-order chi connectivity index (χ0) is 22.4. The fourth-order valence-corrected chi connectivity index (χ4v) is 3.88. The van der Waals surface area contributed by atoms with Crippen LogP contribution in [0, 0.1) is 17.1 Å². The number of nitrogens with one attached hydrogen (secondary N) is 1. The van der Waals surface area contributed by atoms with E-state index >= 15 is 0 Å². The third-order valence-corrected chi connectivity index (χ3v) is 5.74. The van der Waals surface area contributed by atoms with Crippen molar-refractivity contribution < 1.29 is 18.7 Å². The van der Waals surface area contributed by atoms with Crippen molar-refractivity contribution in [2.45, 2.75) is 25.0 Å². The molecule has 1 amide bonds. The van der Waals surface area contributed by atoms with Crippen LogP contribution in [0.2, 0.25) is 0 Å². The van der Waals surface area contributed by atoms with Crippen LogP contribution < -0.4 is 10.1 Å². The first-order valence-electron chi connectivity index (χ1n) is 10.5. The molecule has 0 bridgehead atoms. The van der Waals surface area contributed by atoms with Crippen LogP contribution in [0.3, 0.4) is 0 Å². The van der Waals surface area contributed by atoms with Gasteiger partial charge in [0.25, 0.3) is 5.91 Å². The third kappa shape index (κ3) is 4.79. The highest BCUT2D eigenvalue weighted by atomic mass is 19.1. The average molecular weight is 430 g/mol. The number of ether oxygens (including phenoxy) is 2. The summed E-state index contributed by atoms with van der Waals surface area (Å²) < 4.78 is 24.7. The second kappa shape index (κ2) is 9.63. The summed E-state index contributed by atoms with van der Waals surface area (Å²) in [4.78, 5) is 13.0. The summed E-state index contributed by atoms with van der Waals surface area (Å²) in [7, 11) is 0. The van der Waals surface area contributed by atoms with Gasteiger partial charge in [0.05, 0.1) is 17.2 Å². The van der Waals surface area contributed by atoms with Gasteiger partial charge in [-0.1, -0.05) is 30.3 Å². The normalized spacial score (nSPS) is 14.9. The van der Waals surface area contributed by atoms with Crippen molar-refractivity contribution in [1.82, 2.24) is 5.32 Å². The molecule has 3 aromatic rings. The Morgan fingerprint density at radius 3 is 2.41 bits per heavy atom. The predicted octanol–water partition coefficient (Wildman–Crippen LogP) is 4.71. The van der Waals surface area contributed by atoms with E-state index in [0.717, 1.165) is 11.1 Å². The van der Waals surface area contributed by atoms with E-state index in [1.165, 1.54) is 12.1 Å². The van der Waals surface area contributed by atoms with Gasteiger partial charge in [0.2, 0.25) is 0 Å². The van der Waals surface area contributed by atoms with Crippen LogP contribution in [-0.2, 0) is 16.9 Å². The number of nitriles is 1. The number of hydrogen-bond donors (Lipinski definition) is 1. The van der Waals surface area contributed by atoms with Crippen LogP contribution in [0.1, 0.15) is 39.9 Å². The van der Waals surface area contributed by atoms with Gasteiger partial charge in [0.15, 0.2) is 0 Å². The second-order valence-corrected chi connectivity index (χ2v) is 7.74. The van der Waals surface area contributed by atoms with E-state index in [0.29, 0.717) is 42.9 Å². The number of amides is 1. The van der Waals surface area contributed by atoms with Crippen molar-refractivity contribution in [1.29, 1.82) is 5.26 Å². The molecule has 0 aliphatic carbocycles. The highest BCUT2D eigenvalue weighted by molar-refractivity contribution is 5.95. The molecule has 0 atom stereocenters. The van der Waals surface area contributed by atoms with E-state index < -0.39 is 5.54 Å². The van der Waals surface area contributed by atoms with Crippen molar-refractivity contribution in [3.63, 3.8) is 0 Å². The molecule has 3 aromatic carbocycles. The molecule has 0 saturated carbocycles. The van der Waals surface area contributed by atoms with Gasteiger partial charge < -0.3 is 14.8 Å². The van der Waals surface area contributed by atoms with Crippen molar-refractivity contribution >= 4 is 5.91 Å². The minimum Gasteiger partial charge on any atom is -0.489 e.